The molecular formula is C68H61BN2O2S. The molecule has 6 heteroatoms. The van der Waals surface area contributed by atoms with Gasteiger partial charge in [0, 0.05) is 48.6 Å². The quantitative estimate of drug-likeness (QED) is 0.160. The van der Waals surface area contributed by atoms with Crippen molar-refractivity contribution in [2.75, 3.05) is 16.6 Å². The van der Waals surface area contributed by atoms with E-state index in [2.05, 4.69) is 249 Å². The van der Waals surface area contributed by atoms with Crippen LogP contribution in [0, 0.1) is 6.92 Å². The summed E-state index contributed by atoms with van der Waals surface area (Å²) in [6, 6.07) is 67.1. The van der Waals surface area contributed by atoms with Gasteiger partial charge in [-0.05, 0) is 162 Å². The smallest absolute Gasteiger partial charge is 0.252 e. The van der Waals surface area contributed by atoms with E-state index in [4.69, 9.17) is 9.47 Å². The summed E-state index contributed by atoms with van der Waals surface area (Å²) >= 11 is 1.87. The van der Waals surface area contributed by atoms with Crippen molar-refractivity contribution in [3.63, 3.8) is 0 Å². The summed E-state index contributed by atoms with van der Waals surface area (Å²) in [7, 11) is 0. The molecule has 4 nitrogen and oxygen atoms in total. The van der Waals surface area contributed by atoms with E-state index in [9.17, 15) is 0 Å². The van der Waals surface area contributed by atoms with Crippen molar-refractivity contribution in [2.45, 2.75) is 85.5 Å². The van der Waals surface area contributed by atoms with E-state index >= 15 is 0 Å². The van der Waals surface area contributed by atoms with Gasteiger partial charge >= 0.3 is 0 Å². The molecule has 9 aromatic carbocycles. The van der Waals surface area contributed by atoms with Crippen molar-refractivity contribution in [1.29, 1.82) is 0 Å². The summed E-state index contributed by atoms with van der Waals surface area (Å²) in [6.45, 7) is 23.1. The Bertz CT molecular complexity index is 3830. The molecule has 0 saturated heterocycles. The van der Waals surface area contributed by atoms with Crippen LogP contribution in [0.1, 0.15) is 84.6 Å². The van der Waals surface area contributed by atoms with Gasteiger partial charge in [0.05, 0.1) is 5.69 Å². The van der Waals surface area contributed by atoms with Crippen LogP contribution in [-0.2, 0) is 16.2 Å². The second kappa shape index (κ2) is 16.7. The molecule has 0 atom stereocenters. The molecule has 0 spiro atoms. The summed E-state index contributed by atoms with van der Waals surface area (Å²) in [6.07, 6.45) is 0. The summed E-state index contributed by atoms with van der Waals surface area (Å²) < 4.78 is 15.0. The maximum absolute atomic E-state index is 6.35. The lowest BCUT2D eigenvalue weighted by atomic mass is 9.33. The summed E-state index contributed by atoms with van der Waals surface area (Å²) in [4.78, 5) is 5.04. The van der Waals surface area contributed by atoms with Gasteiger partial charge in [-0.25, -0.2) is 0 Å². The van der Waals surface area contributed by atoms with Crippen LogP contribution < -0.4 is 35.7 Å². The maximum Gasteiger partial charge on any atom is 0.252 e. The van der Waals surface area contributed by atoms with E-state index in [0.717, 1.165) is 34.2 Å². The summed E-state index contributed by atoms with van der Waals surface area (Å²) in [5.74, 6) is 1.54. The van der Waals surface area contributed by atoms with Crippen molar-refractivity contribution >= 4 is 88.7 Å². The fraction of sp³-hybridized carbons (Fsp3) is 0.206. The van der Waals surface area contributed by atoms with Crippen LogP contribution in [0.2, 0.25) is 0 Å². The van der Waals surface area contributed by atoms with E-state index in [0.29, 0.717) is 0 Å². The highest BCUT2D eigenvalue weighted by atomic mass is 32.1. The second-order valence-electron chi connectivity index (χ2n) is 23.9. The number of fused-ring (bicyclic) bond motifs is 8. The molecule has 364 valence electrons. The van der Waals surface area contributed by atoms with Crippen LogP contribution in [0.25, 0.3) is 53.6 Å². The number of hydrogen-bond donors (Lipinski definition) is 0. The number of ether oxygens (including phenoxy) is 2. The highest BCUT2D eigenvalue weighted by Gasteiger charge is 2.45. The molecule has 13 rings (SSSR count). The van der Waals surface area contributed by atoms with Gasteiger partial charge in [-0.1, -0.05) is 172 Å². The Morgan fingerprint density at radius 2 is 1.01 bits per heavy atom. The molecule has 0 amide bonds. The predicted octanol–water partition coefficient (Wildman–Crippen LogP) is 17.1. The average Bonchev–Trinajstić information content (AvgIpc) is 4.02. The fourth-order valence-corrected chi connectivity index (χ4v) is 12.9. The zero-order valence-electron chi connectivity index (χ0n) is 44.1. The summed E-state index contributed by atoms with van der Waals surface area (Å²) in [5.41, 5.74) is 22.8. The SMILES string of the molecule is Cc1cc2c3c(c1)N(c1cccc4c1OCO4)c1ccc(C(C)(C)C)cc1B3c1ccc(-c3ccc4c(c3)sc3ccccc34)cc1N2c1cc(-c2ccc(C(C)(C)C)cc2)cc(-c2ccc(C(C)(C)C)cc2)c1. The van der Waals surface area contributed by atoms with Crippen molar-refractivity contribution in [1.82, 2.24) is 0 Å². The Morgan fingerprint density at radius 3 is 1.69 bits per heavy atom. The number of benzene rings is 9. The van der Waals surface area contributed by atoms with Gasteiger partial charge in [-0.15, -0.1) is 11.3 Å². The van der Waals surface area contributed by atoms with Gasteiger partial charge in [-0.2, -0.15) is 0 Å². The number of aryl methyl sites for hydroxylation is 1. The van der Waals surface area contributed by atoms with Crippen molar-refractivity contribution in [3.8, 4) is 44.9 Å². The minimum absolute atomic E-state index is 0.0387. The van der Waals surface area contributed by atoms with Crippen LogP contribution >= 0.6 is 11.3 Å². The molecule has 0 bridgehead atoms. The first-order valence-electron chi connectivity index (χ1n) is 26.2. The molecule has 0 fully saturated rings. The third-order valence-corrected chi connectivity index (χ3v) is 16.9. The number of rotatable bonds is 5. The monoisotopic (exact) mass is 980 g/mol. The van der Waals surface area contributed by atoms with Gasteiger partial charge in [0.25, 0.3) is 6.71 Å². The van der Waals surface area contributed by atoms with Crippen LogP contribution in [0.15, 0.2) is 176 Å². The molecule has 10 aromatic rings. The van der Waals surface area contributed by atoms with E-state index in [-0.39, 0.29) is 29.8 Å². The zero-order valence-corrected chi connectivity index (χ0v) is 45.0. The largest absolute Gasteiger partial charge is 0.454 e. The Labute approximate surface area is 440 Å². The molecule has 0 aliphatic carbocycles. The Kier molecular flexibility index (Phi) is 10.5. The molecule has 0 unspecified atom stereocenters. The van der Waals surface area contributed by atoms with Crippen LogP contribution in [-0.4, -0.2) is 13.5 Å². The van der Waals surface area contributed by atoms with Crippen LogP contribution in [0.4, 0.5) is 34.1 Å². The van der Waals surface area contributed by atoms with Crippen molar-refractivity contribution in [3.05, 3.63) is 198 Å². The Balaban J connectivity index is 1.10. The lowest BCUT2D eigenvalue weighted by molar-refractivity contribution is 0.174. The molecule has 3 aliphatic rings. The van der Waals surface area contributed by atoms with Crippen LogP contribution in [0.5, 0.6) is 11.5 Å². The molecule has 4 heterocycles. The first-order valence-corrected chi connectivity index (χ1v) is 27.0. The first-order chi connectivity index (χ1) is 35.5. The number of anilines is 6. The zero-order chi connectivity index (χ0) is 51.0. The van der Waals surface area contributed by atoms with E-state index < -0.39 is 0 Å². The van der Waals surface area contributed by atoms with Gasteiger partial charge in [-0.3, -0.25) is 0 Å². The molecule has 0 radical (unpaired) electrons. The Hall–Kier alpha value is -7.54. The number of nitrogens with zero attached hydrogens (tertiary/aromatic N) is 2. The fourth-order valence-electron chi connectivity index (χ4n) is 11.7. The minimum Gasteiger partial charge on any atom is -0.454 e. The lowest BCUT2D eigenvalue weighted by Crippen LogP contribution is -2.61. The third kappa shape index (κ3) is 7.63. The van der Waals surface area contributed by atoms with Gasteiger partial charge < -0.3 is 19.3 Å². The number of thiophene rings is 1. The highest BCUT2D eigenvalue weighted by Crippen LogP contribution is 2.51. The highest BCUT2D eigenvalue weighted by molar-refractivity contribution is 7.25. The predicted molar refractivity (Wildman–Crippen MR) is 317 cm³/mol. The summed E-state index contributed by atoms with van der Waals surface area (Å²) in [5, 5.41) is 2.62. The van der Waals surface area contributed by atoms with Gasteiger partial charge in [0.2, 0.25) is 6.79 Å². The molecule has 0 N–H and O–H groups in total. The maximum atomic E-state index is 6.35. The lowest BCUT2D eigenvalue weighted by Gasteiger charge is -2.45. The molecule has 3 aliphatic heterocycles. The van der Waals surface area contributed by atoms with E-state index in [1.165, 1.54) is 104 Å². The van der Waals surface area contributed by atoms with E-state index in [1.54, 1.807) is 0 Å². The average molecular weight is 981 g/mol. The molecule has 74 heavy (non-hydrogen) atoms. The normalized spacial score (nSPS) is 13.9. The van der Waals surface area contributed by atoms with Crippen molar-refractivity contribution < 1.29 is 9.47 Å². The van der Waals surface area contributed by atoms with Gasteiger partial charge in [0.1, 0.15) is 0 Å². The number of hydrogen-bond acceptors (Lipinski definition) is 5. The van der Waals surface area contributed by atoms with Crippen molar-refractivity contribution in [2.24, 2.45) is 0 Å². The topological polar surface area (TPSA) is 24.9 Å². The number of para-hydroxylation sites is 1. The van der Waals surface area contributed by atoms with E-state index in [1.807, 2.05) is 17.4 Å². The van der Waals surface area contributed by atoms with Gasteiger partial charge in [0.15, 0.2) is 11.5 Å². The first kappa shape index (κ1) is 46.3. The van der Waals surface area contributed by atoms with Crippen LogP contribution in [0.3, 0.4) is 0 Å². The molecule has 0 saturated carbocycles. The second-order valence-corrected chi connectivity index (χ2v) is 24.9. The minimum atomic E-state index is -0.0766. The Morgan fingerprint density at radius 1 is 0.419 bits per heavy atom. The molecule has 1 aromatic heterocycles. The third-order valence-electron chi connectivity index (χ3n) is 15.8. The standard InChI is InChI=1S/C68H61BN2O2S/c1-41-32-59-64-60(33-41)71(57-15-13-16-61-65(57)73-40-72-61)56-31-28-50(68(8,9)10)39-55(56)69(64)54-30-23-44(45-22-29-53-52-14-11-12-17-62(52)74-63(53)38-45)37-58(54)70(59)51-35-46(42-18-24-48(25-19-42)66(2,3)4)34-47(36-51)43-20-26-49(27-21-43)67(5,6)7/h11-39H,40H2,1-10H3. The molecular weight excluding hydrogens is 920 g/mol.